The van der Waals surface area contributed by atoms with Crippen LogP contribution in [0.25, 0.3) is 0 Å². The number of ether oxygens (including phenoxy) is 1. The van der Waals surface area contributed by atoms with E-state index in [1.807, 2.05) is 17.4 Å². The van der Waals surface area contributed by atoms with Crippen molar-refractivity contribution < 1.29 is 4.74 Å². The Bertz CT molecular complexity index is 616. The molecule has 0 saturated heterocycles. The summed E-state index contributed by atoms with van der Waals surface area (Å²) in [6.45, 7) is 3.53. The number of hydrogen-bond acceptors (Lipinski definition) is 5. The Labute approximate surface area is 127 Å². The van der Waals surface area contributed by atoms with Crippen LogP contribution in [0.2, 0.25) is 5.15 Å². The summed E-state index contributed by atoms with van der Waals surface area (Å²) in [5, 5.41) is 2.62. The number of anilines is 1. The van der Waals surface area contributed by atoms with E-state index in [1.165, 1.54) is 10.4 Å². The summed E-state index contributed by atoms with van der Waals surface area (Å²) in [6, 6.07) is 4.34. The van der Waals surface area contributed by atoms with Crippen LogP contribution in [0.3, 0.4) is 0 Å². The lowest BCUT2D eigenvalue weighted by atomic mass is 10.0. The van der Waals surface area contributed by atoms with Gasteiger partial charge in [-0.2, -0.15) is 0 Å². The summed E-state index contributed by atoms with van der Waals surface area (Å²) in [7, 11) is 1.63. The van der Waals surface area contributed by atoms with Gasteiger partial charge in [0.15, 0.2) is 5.82 Å². The molecule has 6 heteroatoms. The minimum atomic E-state index is 0.311. The third kappa shape index (κ3) is 2.53. The van der Waals surface area contributed by atoms with Crippen molar-refractivity contribution in [1.82, 2.24) is 9.97 Å². The lowest BCUT2D eigenvalue weighted by Crippen LogP contribution is -2.34. The average Bonchev–Trinajstić information content (AvgIpc) is 2.88. The summed E-state index contributed by atoms with van der Waals surface area (Å²) < 4.78 is 5.10. The molecule has 0 spiro atoms. The third-order valence-corrected chi connectivity index (χ3v) is 4.76. The van der Waals surface area contributed by atoms with Crippen LogP contribution in [0.15, 0.2) is 17.5 Å². The van der Waals surface area contributed by atoms with Crippen LogP contribution in [0, 0.1) is 0 Å². The molecule has 0 radical (unpaired) electrons. The summed E-state index contributed by atoms with van der Waals surface area (Å²) in [4.78, 5) is 12.5. The molecule has 0 bridgehead atoms. The molecule has 0 aromatic carbocycles. The van der Waals surface area contributed by atoms with Gasteiger partial charge in [-0.05, 0) is 30.4 Å². The van der Waals surface area contributed by atoms with Gasteiger partial charge in [0, 0.05) is 24.6 Å². The molecular weight excluding hydrogens is 294 g/mol. The molecule has 0 amide bonds. The molecule has 1 unspecified atom stereocenters. The second-order valence-corrected chi connectivity index (χ2v) is 6.20. The van der Waals surface area contributed by atoms with Gasteiger partial charge in [-0.1, -0.05) is 11.6 Å². The fourth-order valence-corrected chi connectivity index (χ4v) is 3.77. The molecule has 1 aliphatic rings. The van der Waals surface area contributed by atoms with Gasteiger partial charge in [-0.3, -0.25) is 0 Å². The molecule has 1 aliphatic heterocycles. The van der Waals surface area contributed by atoms with Crippen molar-refractivity contribution in [3.05, 3.63) is 38.9 Å². The van der Waals surface area contributed by atoms with Crippen molar-refractivity contribution in [3.63, 3.8) is 0 Å². The number of rotatable bonds is 3. The zero-order valence-electron chi connectivity index (χ0n) is 11.5. The number of hydrogen-bond donors (Lipinski definition) is 0. The van der Waals surface area contributed by atoms with E-state index in [9.17, 15) is 0 Å². The van der Waals surface area contributed by atoms with E-state index in [2.05, 4.69) is 33.2 Å². The average molecular weight is 310 g/mol. The largest absolute Gasteiger partial charge is 0.377 e. The number of halogens is 1. The summed E-state index contributed by atoms with van der Waals surface area (Å²) in [5.41, 5.74) is 1.39. The van der Waals surface area contributed by atoms with Gasteiger partial charge in [-0.15, -0.1) is 11.3 Å². The number of nitrogens with zero attached hydrogens (tertiary/aromatic N) is 3. The fraction of sp³-hybridized carbons (Fsp3) is 0.429. The van der Waals surface area contributed by atoms with Crippen LogP contribution in [-0.4, -0.2) is 23.6 Å². The maximum absolute atomic E-state index is 6.10. The van der Waals surface area contributed by atoms with Crippen molar-refractivity contribution in [2.45, 2.75) is 26.0 Å². The molecule has 0 fully saturated rings. The van der Waals surface area contributed by atoms with E-state index in [4.69, 9.17) is 16.3 Å². The van der Waals surface area contributed by atoms with Gasteiger partial charge in [0.05, 0.1) is 6.04 Å². The number of aromatic nitrogens is 2. The van der Waals surface area contributed by atoms with E-state index >= 15 is 0 Å². The van der Waals surface area contributed by atoms with Crippen molar-refractivity contribution >= 4 is 28.8 Å². The van der Waals surface area contributed by atoms with Crippen LogP contribution in [0.1, 0.15) is 29.2 Å². The molecule has 0 aliphatic carbocycles. The molecule has 2 aromatic rings. The molecule has 4 nitrogen and oxygen atoms in total. The van der Waals surface area contributed by atoms with E-state index < -0.39 is 0 Å². The maximum atomic E-state index is 6.10. The first-order chi connectivity index (χ1) is 9.69. The second kappa shape index (κ2) is 5.68. The molecule has 2 aromatic heterocycles. The fourth-order valence-electron chi connectivity index (χ4n) is 2.61. The number of methoxy groups -OCH3 is 1. The summed E-state index contributed by atoms with van der Waals surface area (Å²) in [6.07, 6.45) is 1.05. The van der Waals surface area contributed by atoms with Gasteiger partial charge in [0.2, 0.25) is 0 Å². The molecule has 0 N–H and O–H groups in total. The SMILES string of the molecule is COCc1nc(Cl)cc(N2CCc3sccc3C2C)n1. The quantitative estimate of drug-likeness (QED) is 0.814. The van der Waals surface area contributed by atoms with Crippen molar-refractivity contribution in [2.75, 3.05) is 18.6 Å². The normalized spacial score (nSPS) is 18.1. The second-order valence-electron chi connectivity index (χ2n) is 4.82. The summed E-state index contributed by atoms with van der Waals surface area (Å²) >= 11 is 7.94. The molecule has 0 saturated carbocycles. The highest BCUT2D eigenvalue weighted by Gasteiger charge is 2.26. The highest BCUT2D eigenvalue weighted by molar-refractivity contribution is 7.10. The predicted molar refractivity (Wildman–Crippen MR) is 81.5 cm³/mol. The molecule has 106 valence electrons. The molecule has 3 rings (SSSR count). The van der Waals surface area contributed by atoms with Gasteiger partial charge in [0.25, 0.3) is 0 Å². The highest BCUT2D eigenvalue weighted by Crippen LogP contribution is 2.35. The topological polar surface area (TPSA) is 38.2 Å². The Morgan fingerprint density at radius 1 is 1.50 bits per heavy atom. The first-order valence-electron chi connectivity index (χ1n) is 6.54. The summed E-state index contributed by atoms with van der Waals surface area (Å²) in [5.74, 6) is 1.50. The lowest BCUT2D eigenvalue weighted by Gasteiger charge is -2.34. The lowest BCUT2D eigenvalue weighted by molar-refractivity contribution is 0.178. The van der Waals surface area contributed by atoms with Crippen molar-refractivity contribution in [3.8, 4) is 0 Å². The molecule has 1 atom stereocenters. The van der Waals surface area contributed by atoms with Crippen LogP contribution in [-0.2, 0) is 17.8 Å². The monoisotopic (exact) mass is 309 g/mol. The third-order valence-electron chi connectivity index (χ3n) is 3.57. The Balaban J connectivity index is 1.93. The molecular formula is C14H16ClN3OS. The molecule has 3 heterocycles. The van der Waals surface area contributed by atoms with E-state index in [1.54, 1.807) is 7.11 Å². The van der Waals surface area contributed by atoms with Crippen molar-refractivity contribution in [2.24, 2.45) is 0 Å². The van der Waals surface area contributed by atoms with Crippen molar-refractivity contribution in [1.29, 1.82) is 0 Å². The number of thiophene rings is 1. The minimum absolute atomic E-state index is 0.311. The van der Waals surface area contributed by atoms with Crippen LogP contribution in [0.5, 0.6) is 0 Å². The molecule has 20 heavy (non-hydrogen) atoms. The zero-order valence-corrected chi connectivity index (χ0v) is 13.0. The van der Waals surface area contributed by atoms with Gasteiger partial charge < -0.3 is 9.64 Å². The van der Waals surface area contributed by atoms with Crippen LogP contribution < -0.4 is 4.90 Å². The maximum Gasteiger partial charge on any atom is 0.158 e. The van der Waals surface area contributed by atoms with E-state index in [0.29, 0.717) is 23.6 Å². The smallest absolute Gasteiger partial charge is 0.158 e. The Morgan fingerprint density at radius 3 is 3.15 bits per heavy atom. The minimum Gasteiger partial charge on any atom is -0.377 e. The van der Waals surface area contributed by atoms with Gasteiger partial charge in [-0.25, -0.2) is 9.97 Å². The van der Waals surface area contributed by atoms with E-state index in [-0.39, 0.29) is 0 Å². The Morgan fingerprint density at radius 2 is 2.35 bits per heavy atom. The highest BCUT2D eigenvalue weighted by atomic mass is 35.5. The van der Waals surface area contributed by atoms with Crippen LogP contribution in [0.4, 0.5) is 5.82 Å². The van der Waals surface area contributed by atoms with Gasteiger partial charge in [0.1, 0.15) is 17.6 Å². The van der Waals surface area contributed by atoms with Gasteiger partial charge >= 0.3 is 0 Å². The first kappa shape index (κ1) is 13.8. The Kier molecular flexibility index (Phi) is 3.92. The van der Waals surface area contributed by atoms with E-state index in [0.717, 1.165) is 18.8 Å². The standard InChI is InChI=1S/C14H16ClN3OS/c1-9-10-4-6-20-11(10)3-5-18(9)14-7-12(15)16-13(17-14)8-19-2/h4,6-7,9H,3,5,8H2,1-2H3. The zero-order chi connectivity index (χ0) is 14.1. The number of fused-ring (bicyclic) bond motifs is 1. The van der Waals surface area contributed by atoms with Crippen LogP contribution >= 0.6 is 22.9 Å². The first-order valence-corrected chi connectivity index (χ1v) is 7.80. The predicted octanol–water partition coefficient (Wildman–Crippen LogP) is 3.46. The Hall–Kier alpha value is -1.17.